The van der Waals surface area contributed by atoms with Crippen LogP contribution in [-0.2, 0) is 0 Å². The minimum Gasteiger partial charge on any atom is -0.351 e. The Hall–Kier alpha value is -2.45. The van der Waals surface area contributed by atoms with Gasteiger partial charge in [0.1, 0.15) is 11.5 Å². The minimum absolute atomic E-state index is 0.257. The lowest BCUT2D eigenvalue weighted by Gasteiger charge is -2.35. The molecule has 0 bridgehead atoms. The smallest absolute Gasteiger partial charge is 0.348 e. The highest BCUT2D eigenvalue weighted by Crippen LogP contribution is 2.36. The Labute approximate surface area is 180 Å². The summed E-state index contributed by atoms with van der Waals surface area (Å²) in [6.07, 6.45) is 2.07. The molecule has 0 unspecified atom stereocenters. The Morgan fingerprint density at radius 3 is 2.73 bits per heavy atom. The highest BCUT2D eigenvalue weighted by molar-refractivity contribution is 7.98. The van der Waals surface area contributed by atoms with Gasteiger partial charge >= 0.3 is 5.69 Å². The van der Waals surface area contributed by atoms with Crippen LogP contribution < -0.4 is 15.9 Å². The van der Waals surface area contributed by atoms with E-state index in [0.717, 1.165) is 52.6 Å². The minimum atomic E-state index is -0.371. The molecular weight excluding hydrogens is 396 g/mol. The molecule has 1 atom stereocenters. The van der Waals surface area contributed by atoms with E-state index >= 15 is 0 Å². The third-order valence-corrected chi connectivity index (χ3v) is 6.27. The summed E-state index contributed by atoms with van der Waals surface area (Å²) in [5.74, 6) is 0.968. The number of rotatable bonds is 4. The standard InChI is InChI=1S/C22H28N6OS/c1-12(2)19-18(17(30-5)10-13(3)24-19)16-7-6-15-20(25-16)26-22(29)27-21(15)28-9-8-23-11-14(28)4/h6-7,10,12,14,23H,8-9,11H2,1-5H3,(H,25,26,27,29)/t14-/m0/s1. The molecule has 0 aliphatic carbocycles. The maximum Gasteiger partial charge on any atom is 0.348 e. The first kappa shape index (κ1) is 20.8. The lowest BCUT2D eigenvalue weighted by Crippen LogP contribution is -2.50. The van der Waals surface area contributed by atoms with Gasteiger partial charge in [0.05, 0.1) is 16.8 Å². The van der Waals surface area contributed by atoms with Crippen molar-refractivity contribution in [2.24, 2.45) is 0 Å². The molecule has 158 valence electrons. The zero-order valence-electron chi connectivity index (χ0n) is 18.1. The lowest BCUT2D eigenvalue weighted by atomic mass is 10.00. The number of hydrogen-bond acceptors (Lipinski definition) is 7. The number of anilines is 1. The van der Waals surface area contributed by atoms with Crippen molar-refractivity contribution < 1.29 is 0 Å². The van der Waals surface area contributed by atoms with Gasteiger partial charge in [-0.15, -0.1) is 11.8 Å². The fourth-order valence-electron chi connectivity index (χ4n) is 4.04. The molecule has 0 spiro atoms. The van der Waals surface area contributed by atoms with Gasteiger partial charge in [0.25, 0.3) is 0 Å². The molecule has 3 aromatic rings. The number of H-pyrrole nitrogens is 1. The van der Waals surface area contributed by atoms with E-state index in [1.165, 1.54) is 0 Å². The number of aromatic nitrogens is 4. The van der Waals surface area contributed by atoms with Gasteiger partial charge in [-0.1, -0.05) is 13.8 Å². The largest absolute Gasteiger partial charge is 0.351 e. The number of pyridine rings is 2. The van der Waals surface area contributed by atoms with Crippen LogP contribution in [0.5, 0.6) is 0 Å². The Bertz CT molecular complexity index is 1140. The predicted molar refractivity (Wildman–Crippen MR) is 124 cm³/mol. The van der Waals surface area contributed by atoms with Crippen LogP contribution >= 0.6 is 11.8 Å². The normalized spacial score (nSPS) is 17.1. The highest BCUT2D eigenvalue weighted by atomic mass is 32.2. The van der Waals surface area contributed by atoms with Crippen molar-refractivity contribution in [3.05, 3.63) is 40.1 Å². The van der Waals surface area contributed by atoms with Crippen LogP contribution in [0.2, 0.25) is 0 Å². The molecule has 0 amide bonds. The second kappa shape index (κ2) is 8.35. The van der Waals surface area contributed by atoms with E-state index in [9.17, 15) is 4.79 Å². The van der Waals surface area contributed by atoms with Crippen molar-refractivity contribution in [2.45, 2.75) is 44.6 Å². The topological polar surface area (TPSA) is 86.8 Å². The summed E-state index contributed by atoms with van der Waals surface area (Å²) in [5, 5.41) is 4.25. The van der Waals surface area contributed by atoms with Gasteiger partial charge in [-0.3, -0.25) is 9.97 Å². The van der Waals surface area contributed by atoms with Crippen molar-refractivity contribution in [2.75, 3.05) is 30.8 Å². The van der Waals surface area contributed by atoms with Crippen molar-refractivity contribution in [3.8, 4) is 11.3 Å². The molecule has 1 aliphatic heterocycles. The quantitative estimate of drug-likeness (QED) is 0.621. The second-order valence-electron chi connectivity index (χ2n) is 8.09. The van der Waals surface area contributed by atoms with Gasteiger partial charge in [0.2, 0.25) is 0 Å². The zero-order valence-corrected chi connectivity index (χ0v) is 18.9. The van der Waals surface area contributed by atoms with Crippen LogP contribution in [-0.4, -0.2) is 51.9 Å². The lowest BCUT2D eigenvalue weighted by molar-refractivity contribution is 0.498. The molecule has 0 saturated carbocycles. The molecule has 0 radical (unpaired) electrons. The first-order chi connectivity index (χ1) is 14.4. The fourth-order valence-corrected chi connectivity index (χ4v) is 4.74. The monoisotopic (exact) mass is 424 g/mol. The summed E-state index contributed by atoms with van der Waals surface area (Å²) >= 11 is 1.69. The van der Waals surface area contributed by atoms with Crippen LogP contribution in [0.1, 0.15) is 38.1 Å². The van der Waals surface area contributed by atoms with Gasteiger partial charge in [0.15, 0.2) is 0 Å². The molecule has 0 aromatic carbocycles. The van der Waals surface area contributed by atoms with Crippen LogP contribution in [0.3, 0.4) is 0 Å². The number of piperazine rings is 1. The van der Waals surface area contributed by atoms with Crippen molar-refractivity contribution in [1.82, 2.24) is 25.3 Å². The van der Waals surface area contributed by atoms with Gasteiger partial charge in [-0.2, -0.15) is 4.98 Å². The molecule has 7 nitrogen and oxygen atoms in total. The molecule has 8 heteroatoms. The SMILES string of the molecule is CSc1cc(C)nc(C(C)C)c1-c1ccc2c(N3CCNC[C@@H]3C)nc(=O)[nH]c2n1. The Kier molecular flexibility index (Phi) is 5.79. The summed E-state index contributed by atoms with van der Waals surface area (Å²) in [6.45, 7) is 11.0. The summed E-state index contributed by atoms with van der Waals surface area (Å²) < 4.78 is 0. The maximum absolute atomic E-state index is 12.4. The summed E-state index contributed by atoms with van der Waals surface area (Å²) in [4.78, 5) is 32.5. The van der Waals surface area contributed by atoms with Gasteiger partial charge < -0.3 is 10.2 Å². The zero-order chi connectivity index (χ0) is 21.4. The van der Waals surface area contributed by atoms with Crippen LogP contribution in [0.15, 0.2) is 27.9 Å². The van der Waals surface area contributed by atoms with E-state index in [0.29, 0.717) is 11.5 Å². The number of nitrogens with zero attached hydrogens (tertiary/aromatic N) is 4. The number of hydrogen-bond donors (Lipinski definition) is 2. The Morgan fingerprint density at radius 1 is 1.23 bits per heavy atom. The third-order valence-electron chi connectivity index (χ3n) is 5.50. The van der Waals surface area contributed by atoms with Crippen LogP contribution in [0, 0.1) is 6.92 Å². The van der Waals surface area contributed by atoms with E-state index in [2.05, 4.69) is 53.3 Å². The molecule has 1 fully saturated rings. The van der Waals surface area contributed by atoms with Crippen molar-refractivity contribution in [1.29, 1.82) is 0 Å². The maximum atomic E-state index is 12.4. The molecule has 4 rings (SSSR count). The first-order valence-electron chi connectivity index (χ1n) is 10.3. The van der Waals surface area contributed by atoms with Crippen molar-refractivity contribution in [3.63, 3.8) is 0 Å². The van der Waals surface area contributed by atoms with E-state index in [-0.39, 0.29) is 17.6 Å². The summed E-state index contributed by atoms with van der Waals surface area (Å²) in [7, 11) is 0. The number of aromatic amines is 1. The number of thioether (sulfide) groups is 1. The molecule has 3 aromatic heterocycles. The first-order valence-corrected chi connectivity index (χ1v) is 11.6. The Morgan fingerprint density at radius 2 is 2.03 bits per heavy atom. The van der Waals surface area contributed by atoms with E-state index in [4.69, 9.17) is 9.97 Å². The summed E-state index contributed by atoms with van der Waals surface area (Å²) in [6, 6.07) is 6.41. The van der Waals surface area contributed by atoms with E-state index < -0.39 is 0 Å². The molecule has 1 saturated heterocycles. The highest BCUT2D eigenvalue weighted by Gasteiger charge is 2.23. The number of nitrogens with one attached hydrogen (secondary N) is 2. The molecular formula is C22H28N6OS. The fraction of sp³-hybridized carbons (Fsp3) is 0.455. The third kappa shape index (κ3) is 3.81. The van der Waals surface area contributed by atoms with Gasteiger partial charge in [0, 0.05) is 41.8 Å². The molecule has 2 N–H and O–H groups in total. The number of aryl methyl sites for hydroxylation is 1. The van der Waals surface area contributed by atoms with Crippen LogP contribution in [0.4, 0.5) is 5.82 Å². The van der Waals surface area contributed by atoms with Gasteiger partial charge in [-0.05, 0) is 44.2 Å². The molecule has 4 heterocycles. The van der Waals surface area contributed by atoms with Gasteiger partial charge in [-0.25, -0.2) is 9.78 Å². The molecule has 1 aliphatic rings. The second-order valence-corrected chi connectivity index (χ2v) is 8.93. The predicted octanol–water partition coefficient (Wildman–Crippen LogP) is 3.33. The van der Waals surface area contributed by atoms with Crippen LogP contribution in [0.25, 0.3) is 22.3 Å². The van der Waals surface area contributed by atoms with E-state index in [1.807, 2.05) is 19.1 Å². The summed E-state index contributed by atoms with van der Waals surface area (Å²) in [5.41, 5.74) is 4.09. The van der Waals surface area contributed by atoms with E-state index in [1.54, 1.807) is 11.8 Å². The molecule has 30 heavy (non-hydrogen) atoms. The number of fused-ring (bicyclic) bond motifs is 1. The average molecular weight is 425 g/mol. The Balaban J connectivity index is 1.91. The average Bonchev–Trinajstić information content (AvgIpc) is 2.72. The van der Waals surface area contributed by atoms with Crippen molar-refractivity contribution >= 4 is 28.6 Å².